The van der Waals surface area contributed by atoms with Crippen LogP contribution in [0.5, 0.6) is 0 Å². The number of hydrogen-bond acceptors (Lipinski definition) is 2. The van der Waals surface area contributed by atoms with Crippen molar-refractivity contribution < 1.29 is 0 Å². The molecule has 3 heteroatoms. The molecular formula is C13H17N3. The van der Waals surface area contributed by atoms with Crippen LogP contribution in [0.4, 0.5) is 5.82 Å². The number of hydrogen-bond donors (Lipinski definition) is 1. The van der Waals surface area contributed by atoms with Gasteiger partial charge in [0.15, 0.2) is 0 Å². The van der Waals surface area contributed by atoms with Gasteiger partial charge >= 0.3 is 0 Å². The van der Waals surface area contributed by atoms with E-state index < -0.39 is 0 Å². The molecule has 0 fully saturated rings. The molecule has 1 heterocycles. The molecule has 0 aliphatic rings. The van der Waals surface area contributed by atoms with Crippen LogP contribution in [-0.2, 0) is 13.5 Å². The highest BCUT2D eigenvalue weighted by Gasteiger charge is 2.13. The predicted octanol–water partition coefficient (Wildman–Crippen LogP) is 2.54. The highest BCUT2D eigenvalue weighted by atomic mass is 15.1. The van der Waals surface area contributed by atoms with E-state index in [9.17, 15) is 0 Å². The minimum atomic E-state index is 0.742. The van der Waals surface area contributed by atoms with Gasteiger partial charge in [-0.1, -0.05) is 31.2 Å². The van der Waals surface area contributed by atoms with E-state index in [0.717, 1.165) is 29.3 Å². The Kier molecular flexibility index (Phi) is 2.69. The first-order valence-electron chi connectivity index (χ1n) is 5.52. The van der Waals surface area contributed by atoms with E-state index in [-0.39, 0.29) is 0 Å². The first kappa shape index (κ1) is 10.7. The summed E-state index contributed by atoms with van der Waals surface area (Å²) in [5.74, 6) is 1.77. The second kappa shape index (κ2) is 4.00. The van der Waals surface area contributed by atoms with Gasteiger partial charge in [-0.15, -0.1) is 0 Å². The van der Waals surface area contributed by atoms with Crippen molar-refractivity contribution in [3.8, 4) is 11.3 Å². The fourth-order valence-corrected chi connectivity index (χ4v) is 1.91. The molecule has 3 nitrogen and oxygen atoms in total. The molecule has 0 atom stereocenters. The lowest BCUT2D eigenvalue weighted by molar-refractivity contribution is 0.816. The number of aromatic nitrogens is 2. The van der Waals surface area contributed by atoms with Gasteiger partial charge in [0.1, 0.15) is 17.3 Å². The molecular weight excluding hydrogens is 198 g/mol. The first-order valence-corrected chi connectivity index (χ1v) is 5.52. The lowest BCUT2D eigenvalue weighted by atomic mass is 10.1. The maximum Gasteiger partial charge on any atom is 0.131 e. The SMILES string of the molecule is CCc1nc(-c2ccccc2C)c(N)n1C. The van der Waals surface area contributed by atoms with Crippen LogP contribution in [0.2, 0.25) is 0 Å². The van der Waals surface area contributed by atoms with Gasteiger partial charge < -0.3 is 10.3 Å². The van der Waals surface area contributed by atoms with Crippen LogP contribution in [0.3, 0.4) is 0 Å². The third kappa shape index (κ3) is 1.58. The highest BCUT2D eigenvalue weighted by molar-refractivity contribution is 5.73. The fraction of sp³-hybridized carbons (Fsp3) is 0.308. The van der Waals surface area contributed by atoms with Gasteiger partial charge in [-0.25, -0.2) is 4.98 Å². The minimum Gasteiger partial charge on any atom is -0.383 e. The summed E-state index contributed by atoms with van der Waals surface area (Å²) in [6, 6.07) is 8.18. The second-order valence-electron chi connectivity index (χ2n) is 3.99. The van der Waals surface area contributed by atoms with E-state index in [4.69, 9.17) is 5.73 Å². The summed E-state index contributed by atoms with van der Waals surface area (Å²) < 4.78 is 1.96. The maximum atomic E-state index is 6.08. The Bertz CT molecular complexity index is 512. The van der Waals surface area contributed by atoms with Gasteiger partial charge in [0.05, 0.1) is 0 Å². The van der Waals surface area contributed by atoms with Crippen LogP contribution in [0.1, 0.15) is 18.3 Å². The second-order valence-corrected chi connectivity index (χ2v) is 3.99. The molecule has 0 aliphatic heterocycles. The number of nitrogens with two attached hydrogens (primary N) is 1. The minimum absolute atomic E-state index is 0.742. The van der Waals surface area contributed by atoms with E-state index in [1.165, 1.54) is 5.56 Å². The van der Waals surface area contributed by atoms with E-state index in [1.807, 2.05) is 23.7 Å². The standard InChI is InChI=1S/C13H17N3/c1-4-11-15-12(13(14)16(11)3)10-8-6-5-7-9(10)2/h5-8H,4,14H2,1-3H3. The number of aryl methyl sites for hydroxylation is 2. The number of nitrogen functional groups attached to an aromatic ring is 1. The smallest absolute Gasteiger partial charge is 0.131 e. The summed E-state index contributed by atoms with van der Waals surface area (Å²) in [6.45, 7) is 4.17. The van der Waals surface area contributed by atoms with Crippen LogP contribution in [0, 0.1) is 6.92 Å². The number of nitrogens with zero attached hydrogens (tertiary/aromatic N) is 2. The molecule has 0 saturated carbocycles. The molecule has 2 aromatic rings. The molecule has 84 valence electrons. The van der Waals surface area contributed by atoms with E-state index in [0.29, 0.717) is 0 Å². The van der Waals surface area contributed by atoms with Crippen molar-refractivity contribution in [2.45, 2.75) is 20.3 Å². The molecule has 16 heavy (non-hydrogen) atoms. The normalized spacial score (nSPS) is 10.7. The van der Waals surface area contributed by atoms with Gasteiger partial charge in [0, 0.05) is 19.0 Å². The Morgan fingerprint density at radius 3 is 2.56 bits per heavy atom. The quantitative estimate of drug-likeness (QED) is 0.836. The topological polar surface area (TPSA) is 43.8 Å². The van der Waals surface area contributed by atoms with E-state index in [1.54, 1.807) is 0 Å². The van der Waals surface area contributed by atoms with Crippen molar-refractivity contribution in [1.29, 1.82) is 0 Å². The number of anilines is 1. The number of benzene rings is 1. The molecule has 1 aromatic heterocycles. The first-order chi connectivity index (χ1) is 7.65. The van der Waals surface area contributed by atoms with Crippen molar-refractivity contribution >= 4 is 5.82 Å². The summed E-state index contributed by atoms with van der Waals surface area (Å²) in [6.07, 6.45) is 0.895. The highest BCUT2D eigenvalue weighted by Crippen LogP contribution is 2.28. The fourth-order valence-electron chi connectivity index (χ4n) is 1.91. The van der Waals surface area contributed by atoms with Crippen LogP contribution in [0.15, 0.2) is 24.3 Å². The van der Waals surface area contributed by atoms with Gasteiger partial charge in [-0.2, -0.15) is 0 Å². The van der Waals surface area contributed by atoms with E-state index >= 15 is 0 Å². The van der Waals surface area contributed by atoms with Crippen LogP contribution in [0.25, 0.3) is 11.3 Å². The average molecular weight is 215 g/mol. The number of imidazole rings is 1. The zero-order valence-corrected chi connectivity index (χ0v) is 9.99. The monoisotopic (exact) mass is 215 g/mol. The molecule has 0 aliphatic carbocycles. The Hall–Kier alpha value is -1.77. The lowest BCUT2D eigenvalue weighted by Crippen LogP contribution is -2.00. The summed E-state index contributed by atoms with van der Waals surface area (Å²) >= 11 is 0. The lowest BCUT2D eigenvalue weighted by Gasteiger charge is -2.03. The molecule has 1 aromatic carbocycles. The van der Waals surface area contributed by atoms with Gasteiger partial charge in [0.25, 0.3) is 0 Å². The third-order valence-electron chi connectivity index (χ3n) is 2.95. The van der Waals surface area contributed by atoms with Crippen molar-refractivity contribution in [3.63, 3.8) is 0 Å². The zero-order chi connectivity index (χ0) is 11.7. The molecule has 2 N–H and O–H groups in total. The Morgan fingerprint density at radius 2 is 2.00 bits per heavy atom. The van der Waals surface area contributed by atoms with Gasteiger partial charge in [-0.05, 0) is 12.5 Å². The summed E-state index contributed by atoms with van der Waals surface area (Å²) in [5.41, 5.74) is 9.31. The summed E-state index contributed by atoms with van der Waals surface area (Å²) in [5, 5.41) is 0. The average Bonchev–Trinajstić information content (AvgIpc) is 2.57. The van der Waals surface area contributed by atoms with Crippen LogP contribution < -0.4 is 5.73 Å². The Balaban J connectivity index is 2.61. The van der Waals surface area contributed by atoms with Crippen molar-refractivity contribution in [2.75, 3.05) is 5.73 Å². The van der Waals surface area contributed by atoms with Crippen molar-refractivity contribution in [1.82, 2.24) is 9.55 Å². The largest absolute Gasteiger partial charge is 0.383 e. The van der Waals surface area contributed by atoms with Gasteiger partial charge in [-0.3, -0.25) is 0 Å². The van der Waals surface area contributed by atoms with Gasteiger partial charge in [0.2, 0.25) is 0 Å². The van der Waals surface area contributed by atoms with E-state index in [2.05, 4.69) is 31.0 Å². The summed E-state index contributed by atoms with van der Waals surface area (Å²) in [7, 11) is 1.96. The molecule has 0 radical (unpaired) electrons. The van der Waals surface area contributed by atoms with Crippen molar-refractivity contribution in [3.05, 3.63) is 35.7 Å². The molecule has 2 rings (SSSR count). The molecule has 0 bridgehead atoms. The Morgan fingerprint density at radius 1 is 1.31 bits per heavy atom. The number of rotatable bonds is 2. The van der Waals surface area contributed by atoms with Crippen molar-refractivity contribution in [2.24, 2.45) is 7.05 Å². The molecule has 0 unspecified atom stereocenters. The van der Waals surface area contributed by atoms with Crippen LogP contribution in [-0.4, -0.2) is 9.55 Å². The summed E-state index contributed by atoms with van der Waals surface area (Å²) in [4.78, 5) is 4.60. The molecule has 0 spiro atoms. The third-order valence-corrected chi connectivity index (χ3v) is 2.95. The zero-order valence-electron chi connectivity index (χ0n) is 9.99. The molecule has 0 saturated heterocycles. The van der Waals surface area contributed by atoms with Crippen LogP contribution >= 0.6 is 0 Å². The predicted molar refractivity (Wildman–Crippen MR) is 67.2 cm³/mol. The molecule has 0 amide bonds. The Labute approximate surface area is 95.9 Å². The maximum absolute atomic E-state index is 6.08.